The van der Waals surface area contributed by atoms with E-state index in [1.165, 1.54) is 64.2 Å². The van der Waals surface area contributed by atoms with Crippen LogP contribution in [-0.2, 0) is 19.0 Å². The van der Waals surface area contributed by atoms with Crippen molar-refractivity contribution in [1.29, 1.82) is 0 Å². The Bertz CT molecular complexity index is 1240. The minimum absolute atomic E-state index is 0.236. The number of ether oxygens (including phenoxy) is 1. The molecule has 0 spiro atoms. The van der Waals surface area contributed by atoms with E-state index in [-0.39, 0.29) is 11.5 Å². The van der Waals surface area contributed by atoms with Gasteiger partial charge in [-0.2, -0.15) is 8.42 Å². The van der Waals surface area contributed by atoms with Gasteiger partial charge in [-0.25, -0.2) is 0 Å². The van der Waals surface area contributed by atoms with E-state index in [0.29, 0.717) is 16.9 Å². The standard InChI is InChI=1S/C40H64O4S/c1-29(2)12-11-13-31(4)36-20-21-37-35-19-16-32-28-33(22-24-39(32,5)38(35)23-25-40(36,37)6)43-26-9-7-8-10-27-44-45(41,42)34-17-14-30(3)15-18-34/h14-18,29,31,33,35-38H,7-13,19-28H2,1-6H3/t31-,33+,35+,36-,37+,38+,39+,40-/m1/s1. The number of hydrogen-bond acceptors (Lipinski definition) is 4. The monoisotopic (exact) mass is 640 g/mol. The molecule has 5 heteroatoms. The zero-order valence-corrected chi connectivity index (χ0v) is 30.3. The molecule has 3 saturated carbocycles. The predicted molar refractivity (Wildman–Crippen MR) is 186 cm³/mol. The van der Waals surface area contributed by atoms with Crippen molar-refractivity contribution in [3.05, 3.63) is 41.5 Å². The average Bonchev–Trinajstić information content (AvgIpc) is 3.36. The van der Waals surface area contributed by atoms with Crippen molar-refractivity contribution < 1.29 is 17.3 Å². The van der Waals surface area contributed by atoms with Crippen LogP contribution in [0.3, 0.4) is 0 Å². The first-order valence-corrected chi connectivity index (χ1v) is 20.1. The lowest BCUT2D eigenvalue weighted by atomic mass is 9.47. The van der Waals surface area contributed by atoms with Gasteiger partial charge < -0.3 is 4.74 Å². The molecule has 0 saturated heterocycles. The predicted octanol–water partition coefficient (Wildman–Crippen LogP) is 10.7. The van der Waals surface area contributed by atoms with Gasteiger partial charge in [0.1, 0.15) is 0 Å². The van der Waals surface area contributed by atoms with Crippen LogP contribution < -0.4 is 0 Å². The lowest BCUT2D eigenvalue weighted by Crippen LogP contribution is -2.51. The number of fused-ring (bicyclic) bond motifs is 5. The second-order valence-corrected chi connectivity index (χ2v) is 18.1. The zero-order chi connectivity index (χ0) is 32.2. The van der Waals surface area contributed by atoms with E-state index >= 15 is 0 Å². The Kier molecular flexibility index (Phi) is 11.7. The molecule has 0 radical (unpaired) electrons. The highest BCUT2D eigenvalue weighted by atomic mass is 32.2. The third-order valence-corrected chi connectivity index (χ3v) is 14.5. The molecule has 4 nitrogen and oxygen atoms in total. The van der Waals surface area contributed by atoms with Crippen molar-refractivity contribution in [3.63, 3.8) is 0 Å². The third-order valence-electron chi connectivity index (χ3n) is 13.2. The number of aryl methyl sites for hydroxylation is 1. The summed E-state index contributed by atoms with van der Waals surface area (Å²) in [6.07, 6.45) is 21.8. The third kappa shape index (κ3) is 7.94. The Morgan fingerprint density at radius 3 is 2.31 bits per heavy atom. The molecule has 0 unspecified atom stereocenters. The lowest BCUT2D eigenvalue weighted by Gasteiger charge is -2.58. The second kappa shape index (κ2) is 14.9. The molecule has 0 heterocycles. The molecule has 45 heavy (non-hydrogen) atoms. The summed E-state index contributed by atoms with van der Waals surface area (Å²) in [6.45, 7) is 15.6. The summed E-state index contributed by atoms with van der Waals surface area (Å²) >= 11 is 0. The van der Waals surface area contributed by atoms with Crippen molar-refractivity contribution in [1.82, 2.24) is 0 Å². The van der Waals surface area contributed by atoms with Crippen LogP contribution >= 0.6 is 0 Å². The summed E-state index contributed by atoms with van der Waals surface area (Å²) in [5.74, 6) is 5.31. The fourth-order valence-corrected chi connectivity index (χ4v) is 11.5. The summed E-state index contributed by atoms with van der Waals surface area (Å²) < 4.78 is 36.4. The van der Waals surface area contributed by atoms with Gasteiger partial charge in [-0.3, -0.25) is 4.18 Å². The van der Waals surface area contributed by atoms with Gasteiger partial charge in [0.2, 0.25) is 0 Å². The van der Waals surface area contributed by atoms with Gasteiger partial charge in [-0.15, -0.1) is 0 Å². The SMILES string of the molecule is Cc1ccc(S(=O)(=O)OCCCCCCO[C@H]2CC[C@@]3(C)C(=CC[C@H]4[C@@H]5CC[C@H]([C@H](C)CCCC(C)C)[C@@]5(C)CC[C@@H]43)C2)cc1. The van der Waals surface area contributed by atoms with Crippen LogP contribution in [0.2, 0.25) is 0 Å². The molecule has 3 fully saturated rings. The van der Waals surface area contributed by atoms with Gasteiger partial charge in [0, 0.05) is 6.61 Å². The van der Waals surface area contributed by atoms with Crippen LogP contribution in [0.15, 0.2) is 40.8 Å². The Labute approximate surface area is 276 Å². The van der Waals surface area contributed by atoms with E-state index in [4.69, 9.17) is 8.92 Å². The van der Waals surface area contributed by atoms with E-state index in [0.717, 1.165) is 79.8 Å². The fraction of sp³-hybridized carbons (Fsp3) is 0.800. The molecule has 0 N–H and O–H groups in total. The van der Waals surface area contributed by atoms with Crippen LogP contribution in [0, 0.1) is 53.3 Å². The minimum Gasteiger partial charge on any atom is -0.378 e. The van der Waals surface area contributed by atoms with Crippen molar-refractivity contribution in [3.8, 4) is 0 Å². The molecular formula is C40H64O4S. The molecule has 0 amide bonds. The first kappa shape index (κ1) is 35.1. The summed E-state index contributed by atoms with van der Waals surface area (Å²) in [4.78, 5) is 0.236. The highest BCUT2D eigenvalue weighted by Gasteiger charge is 2.59. The van der Waals surface area contributed by atoms with Crippen molar-refractivity contribution in [2.75, 3.05) is 13.2 Å². The Balaban J connectivity index is 1.03. The van der Waals surface area contributed by atoms with Gasteiger partial charge >= 0.3 is 0 Å². The normalized spacial score (nSPS) is 33.8. The molecule has 4 aliphatic carbocycles. The van der Waals surface area contributed by atoms with Gasteiger partial charge in [0.25, 0.3) is 10.1 Å². The summed E-state index contributed by atoms with van der Waals surface area (Å²) in [5, 5.41) is 0. The summed E-state index contributed by atoms with van der Waals surface area (Å²) in [6, 6.07) is 6.83. The van der Waals surface area contributed by atoms with Crippen molar-refractivity contribution in [2.45, 2.75) is 149 Å². The number of allylic oxidation sites excluding steroid dienone is 1. The molecule has 1 aromatic rings. The van der Waals surface area contributed by atoms with E-state index in [1.54, 1.807) is 29.8 Å². The first-order chi connectivity index (χ1) is 21.4. The van der Waals surface area contributed by atoms with Crippen molar-refractivity contribution in [2.24, 2.45) is 46.3 Å². The fourth-order valence-electron chi connectivity index (χ4n) is 10.5. The largest absolute Gasteiger partial charge is 0.378 e. The Hall–Kier alpha value is -1.17. The van der Waals surface area contributed by atoms with Crippen LogP contribution in [0.4, 0.5) is 0 Å². The van der Waals surface area contributed by atoms with E-state index in [9.17, 15) is 8.42 Å². The van der Waals surface area contributed by atoms with Gasteiger partial charge in [-0.1, -0.05) is 96.1 Å². The van der Waals surface area contributed by atoms with E-state index in [1.807, 2.05) is 6.92 Å². The van der Waals surface area contributed by atoms with E-state index in [2.05, 4.69) is 40.7 Å². The average molecular weight is 641 g/mol. The highest BCUT2D eigenvalue weighted by molar-refractivity contribution is 7.86. The maximum absolute atomic E-state index is 12.4. The molecular weight excluding hydrogens is 577 g/mol. The lowest BCUT2D eigenvalue weighted by molar-refractivity contribution is -0.0641. The Morgan fingerprint density at radius 2 is 1.58 bits per heavy atom. The van der Waals surface area contributed by atoms with Gasteiger partial charge in [0.05, 0.1) is 17.6 Å². The van der Waals surface area contributed by atoms with Crippen LogP contribution in [0.25, 0.3) is 0 Å². The molecule has 5 rings (SSSR count). The molecule has 0 aliphatic heterocycles. The van der Waals surface area contributed by atoms with Crippen molar-refractivity contribution >= 4 is 10.1 Å². The molecule has 0 aromatic heterocycles. The van der Waals surface area contributed by atoms with Gasteiger partial charge in [0.15, 0.2) is 0 Å². The molecule has 254 valence electrons. The van der Waals surface area contributed by atoms with Crippen LogP contribution in [0.1, 0.15) is 136 Å². The van der Waals surface area contributed by atoms with Crippen LogP contribution in [-0.4, -0.2) is 27.7 Å². The van der Waals surface area contributed by atoms with Crippen LogP contribution in [0.5, 0.6) is 0 Å². The smallest absolute Gasteiger partial charge is 0.296 e. The van der Waals surface area contributed by atoms with Gasteiger partial charge in [-0.05, 0) is 130 Å². The Morgan fingerprint density at radius 1 is 0.844 bits per heavy atom. The topological polar surface area (TPSA) is 52.6 Å². The molecule has 4 aliphatic rings. The van der Waals surface area contributed by atoms with E-state index < -0.39 is 10.1 Å². The second-order valence-electron chi connectivity index (χ2n) is 16.5. The summed E-state index contributed by atoms with van der Waals surface area (Å²) in [5.41, 5.74) is 3.69. The number of rotatable bonds is 15. The number of benzene rings is 1. The first-order valence-electron chi connectivity index (χ1n) is 18.7. The number of unbranched alkanes of at least 4 members (excludes halogenated alkanes) is 3. The summed E-state index contributed by atoms with van der Waals surface area (Å²) in [7, 11) is -3.66. The zero-order valence-electron chi connectivity index (χ0n) is 29.5. The highest BCUT2D eigenvalue weighted by Crippen LogP contribution is 2.67. The quantitative estimate of drug-likeness (QED) is 0.109. The molecule has 1 aromatic carbocycles. The maximum atomic E-state index is 12.4. The minimum atomic E-state index is -3.66. The maximum Gasteiger partial charge on any atom is 0.296 e. The number of hydrogen-bond donors (Lipinski definition) is 0. The molecule has 8 atom stereocenters. The molecule has 0 bridgehead atoms.